The molecule has 27 atom stereocenters. The molecule has 0 aromatic rings. The van der Waals surface area contributed by atoms with Crippen LogP contribution in [0.3, 0.4) is 0 Å². The molecule has 5 aliphatic rings. The zero-order chi connectivity index (χ0) is 53.9. The summed E-state index contributed by atoms with van der Waals surface area (Å²) in [6.07, 6.45) is -28.8. The molecule has 0 amide bonds. The van der Waals surface area contributed by atoms with Crippen LogP contribution in [0, 0.1) is 29.6 Å². The molecule has 5 rings (SSSR count). The van der Waals surface area contributed by atoms with Gasteiger partial charge in [0.2, 0.25) is 0 Å². The molecule has 0 bridgehead atoms. The molecule has 72 heavy (non-hydrogen) atoms. The minimum atomic E-state index is -3.24. The lowest BCUT2D eigenvalue weighted by Gasteiger charge is -2.47. The van der Waals surface area contributed by atoms with Gasteiger partial charge in [-0.25, -0.2) is 23.0 Å². The monoisotopic (exact) mass is 1100 g/mol. The van der Waals surface area contributed by atoms with Crippen LogP contribution in [0.25, 0.3) is 0 Å². The van der Waals surface area contributed by atoms with Crippen LogP contribution in [0.4, 0.5) is 9.15 Å². The Bertz CT molecular complexity index is 1720. The Morgan fingerprint density at radius 2 is 0.917 bits per heavy atom. The molecule has 8 N–H and O–H groups in total. The number of esters is 1. The fraction of sp³-hybridized carbons (Fsp3) is 0.949. The molecule has 0 saturated carbocycles. The van der Waals surface area contributed by atoms with Gasteiger partial charge >= 0.3 is 11.9 Å². The summed E-state index contributed by atoms with van der Waals surface area (Å²) in [5, 5.41) is 85.7. The highest BCUT2D eigenvalue weighted by Crippen LogP contribution is 2.39. The summed E-state index contributed by atoms with van der Waals surface area (Å²) >= 11 is -6.42. The summed E-state index contributed by atoms with van der Waals surface area (Å²) in [5.74, 6) is -7.65. The van der Waals surface area contributed by atoms with E-state index in [-0.39, 0.29) is 0 Å². The first-order valence-electron chi connectivity index (χ1n) is 22.4. The second-order valence-electron chi connectivity index (χ2n) is 17.6. The van der Waals surface area contributed by atoms with E-state index in [4.69, 9.17) is 71.0 Å². The van der Waals surface area contributed by atoms with E-state index >= 15 is 0 Å². The van der Waals surface area contributed by atoms with Gasteiger partial charge in [0.15, 0.2) is 37.6 Å². The van der Waals surface area contributed by atoms with Crippen LogP contribution in [0.15, 0.2) is 0 Å². The van der Waals surface area contributed by atoms with Crippen LogP contribution in [0.5, 0.6) is 0 Å². The smallest absolute Gasteiger partial charge is 0.335 e. The van der Waals surface area contributed by atoms with Gasteiger partial charge in [-0.15, -0.1) is 8.67 Å². The van der Waals surface area contributed by atoms with Crippen molar-refractivity contribution in [3.8, 4) is 0 Å². The summed E-state index contributed by atoms with van der Waals surface area (Å²) in [5.41, 5.74) is 0. The van der Waals surface area contributed by atoms with Gasteiger partial charge in [0, 0.05) is 52.8 Å². The molecule has 5 fully saturated rings. The number of hydrogen-bond donors (Lipinski definition) is 8. The largest absolute Gasteiger partial charge is 0.748 e. The molecular weight excluding hydrogens is 1030 g/mol. The van der Waals surface area contributed by atoms with Gasteiger partial charge in [-0.1, -0.05) is 6.92 Å². The van der Waals surface area contributed by atoms with Gasteiger partial charge in [-0.2, -0.15) is 0 Å². The number of aliphatic hydroxyl groups excluding tert-OH is 7. The fourth-order valence-corrected chi connectivity index (χ4v) is 9.62. The number of methoxy groups -OCH3 is 1. The third kappa shape index (κ3) is 15.7. The topological polar surface area (TPSA) is 415 Å². The van der Waals surface area contributed by atoms with Crippen molar-refractivity contribution >= 4 is 34.7 Å². The molecule has 0 aromatic carbocycles. The van der Waals surface area contributed by atoms with Crippen LogP contribution < -0.4 is 0 Å². The van der Waals surface area contributed by atoms with Gasteiger partial charge in [0.1, 0.15) is 77.7 Å². The van der Waals surface area contributed by atoms with E-state index in [0.717, 1.165) is 6.92 Å². The Labute approximate surface area is 415 Å². The number of aliphatic carboxylic acids is 1. The van der Waals surface area contributed by atoms with Crippen molar-refractivity contribution in [3.05, 3.63) is 0 Å². The summed E-state index contributed by atoms with van der Waals surface area (Å²) in [7, 11) is 1.28. The standard InChI is InChI=1S/C39H66O29S2.F2/c1-8-18-23(41)13(2)59-36(24(18)42)57-11-21-26(44)38(62-16(5)32(21)66-68-70(52)53)58-12-22-25(43)37(61-15(4)31(22)65-67-69(50)51)55-9-19-20(35(54-7)60-14(3)30(19)63-17(6)40)10-56-39-29(47)27(45)28(46)33(64-39)34(48)49;1-2/h13-16,18-33,35-39,41-47H,8-12H2,1-7H3,(H,48,49)(H,50,51)(H,52,53);/p-2/t13?,14?,15?,16?,18-,19+,20?,21+,22+,23+,24?,25?,26?,27+,28-,29?,30+,31+,32+,33?,35+,36+,37+,38+,39-;/m0./s1. The van der Waals surface area contributed by atoms with Gasteiger partial charge in [0.05, 0.1) is 56.9 Å². The fourth-order valence-electron chi connectivity index (χ4n) is 9.31. The summed E-state index contributed by atoms with van der Waals surface area (Å²) in [6, 6.07) is 0. The molecule has 0 radical (unpaired) electrons. The maximum absolute atomic E-state index is 12.4. The number of ether oxygens (including phenoxy) is 11. The molecule has 33 heteroatoms. The first-order chi connectivity index (χ1) is 34.0. The highest BCUT2D eigenvalue weighted by atomic mass is 32.2. The van der Waals surface area contributed by atoms with E-state index in [0.29, 0.717) is 6.42 Å². The zero-order valence-electron chi connectivity index (χ0n) is 39.7. The first kappa shape index (κ1) is 62.7. The van der Waals surface area contributed by atoms with Crippen LogP contribution in [0.1, 0.15) is 48.0 Å². The number of hydrogen-bond acceptors (Lipinski definition) is 28. The third-order valence-electron chi connectivity index (χ3n) is 13.1. The van der Waals surface area contributed by atoms with Crippen LogP contribution in [-0.2, 0) is 103 Å². The van der Waals surface area contributed by atoms with Gasteiger partial charge in [-0.3, -0.25) is 4.79 Å². The van der Waals surface area contributed by atoms with Gasteiger partial charge in [-0.05, 0) is 34.1 Å². The van der Waals surface area contributed by atoms with E-state index in [9.17, 15) is 68.0 Å². The van der Waals surface area contributed by atoms with E-state index in [1.807, 2.05) is 0 Å². The number of carboxylic acids is 1. The SMILES string of the molecule is CC[C@@H]1C(O)[C@H](OC[C@@H]2C(O)[C@H](OC[C@@H]3C(O)[C@H](OC[C@@H]4C(CO[C@H]5OC(C(=O)O)[C@@H](O)[C@@H](O)C5O)[C@H](OC)OC(C)[C@H]4OC(C)=O)OC(C)[C@H]3OOS(=O)[O-])OC(C)[C@H]2OOS(=O)[O-])OC(C)[C@H]1O.FF. The van der Waals surface area contributed by atoms with Gasteiger partial charge in [0.25, 0.3) is 0 Å². The first-order valence-corrected chi connectivity index (χ1v) is 24.4. The van der Waals surface area contributed by atoms with Gasteiger partial charge < -0.3 is 102 Å². The third-order valence-corrected chi connectivity index (χ3v) is 13.4. The Kier molecular flexibility index (Phi) is 25.3. The second-order valence-corrected chi connectivity index (χ2v) is 18.7. The normalized spacial score (nSPS) is 44.5. The summed E-state index contributed by atoms with van der Waals surface area (Å²) < 4.78 is 134. The van der Waals surface area contributed by atoms with Crippen molar-refractivity contribution in [1.82, 2.24) is 0 Å². The number of rotatable bonds is 22. The lowest BCUT2D eigenvalue weighted by Crippen LogP contribution is -2.61. The molecule has 0 aromatic heterocycles. The van der Waals surface area contributed by atoms with Crippen molar-refractivity contribution in [1.29, 1.82) is 0 Å². The quantitative estimate of drug-likeness (QED) is 0.0226. The Balaban J connectivity index is 0.00000555. The van der Waals surface area contributed by atoms with Crippen LogP contribution in [0.2, 0.25) is 0 Å². The Morgan fingerprint density at radius 1 is 0.528 bits per heavy atom. The lowest BCUT2D eigenvalue weighted by atomic mass is 9.82. The predicted molar refractivity (Wildman–Crippen MR) is 222 cm³/mol. The van der Waals surface area contributed by atoms with Crippen molar-refractivity contribution in [2.45, 2.75) is 171 Å². The van der Waals surface area contributed by atoms with Crippen molar-refractivity contribution in [2.75, 3.05) is 33.5 Å². The summed E-state index contributed by atoms with van der Waals surface area (Å²) in [6.45, 7) is 6.74. The van der Waals surface area contributed by atoms with Crippen LogP contribution in [-0.4, -0.2) is 227 Å². The number of carboxylic acid groups (broad SMARTS) is 1. The maximum atomic E-state index is 12.4. The Morgan fingerprint density at radius 3 is 1.33 bits per heavy atom. The van der Waals surface area contributed by atoms with Crippen LogP contribution >= 0.6 is 0 Å². The average molecular weight is 1100 g/mol. The maximum Gasteiger partial charge on any atom is 0.335 e. The molecule has 5 heterocycles. The predicted octanol–water partition coefficient (Wildman–Crippen LogP) is -3.50. The molecule has 5 saturated heterocycles. The van der Waals surface area contributed by atoms with Crippen molar-refractivity contribution < 1.29 is 148 Å². The number of halogens is 2. The lowest BCUT2D eigenvalue weighted by molar-refractivity contribution is -0.372. The molecule has 29 nitrogen and oxygen atoms in total. The Hall–Kier alpha value is -1.82. The van der Waals surface area contributed by atoms with E-state index in [1.54, 1.807) is 20.8 Å². The molecule has 0 aliphatic carbocycles. The minimum Gasteiger partial charge on any atom is -0.748 e. The zero-order valence-corrected chi connectivity index (χ0v) is 41.3. The number of carbonyl (C=O) groups excluding carboxylic acids is 1. The molecule has 5 aliphatic heterocycles. The highest BCUT2D eigenvalue weighted by molar-refractivity contribution is 7.74. The van der Waals surface area contributed by atoms with Crippen molar-refractivity contribution in [2.24, 2.45) is 29.6 Å². The molecule has 422 valence electrons. The number of aliphatic hydroxyl groups is 7. The average Bonchev–Trinajstić information content (AvgIpc) is 3.32. The van der Waals surface area contributed by atoms with E-state index in [2.05, 4.69) is 8.67 Å². The minimum absolute atomic E-state index is 0.355. The van der Waals surface area contributed by atoms with Crippen molar-refractivity contribution in [3.63, 3.8) is 0 Å². The highest BCUT2D eigenvalue weighted by Gasteiger charge is 2.54. The summed E-state index contributed by atoms with van der Waals surface area (Å²) in [4.78, 5) is 34.4. The molecular formula is C39H64F2O29S2-2. The molecule has 0 spiro atoms. The van der Waals surface area contributed by atoms with E-state index < -0.39 is 214 Å². The second kappa shape index (κ2) is 29.1. The van der Waals surface area contributed by atoms with E-state index in [1.165, 1.54) is 21.0 Å². The number of carbonyl (C=O) groups is 2. The molecule has 12 unspecified atom stereocenters.